The van der Waals surface area contributed by atoms with Gasteiger partial charge < -0.3 is 10.8 Å². The highest BCUT2D eigenvalue weighted by Crippen LogP contribution is 2.23. The minimum Gasteiger partial charge on any atom is -0.480 e. The van der Waals surface area contributed by atoms with Crippen LogP contribution in [0.15, 0.2) is 17.5 Å². The van der Waals surface area contributed by atoms with Gasteiger partial charge in [-0.25, -0.2) is 10.2 Å². The Balaban J connectivity index is 2.75. The summed E-state index contributed by atoms with van der Waals surface area (Å²) < 4.78 is 0. The molecule has 0 aliphatic rings. The number of hydrogen-bond acceptors (Lipinski definition) is 5. The average molecular weight is 285 g/mol. The molecular formula is C13H23N3O2S. The van der Waals surface area contributed by atoms with Crippen LogP contribution < -0.4 is 16.2 Å². The summed E-state index contributed by atoms with van der Waals surface area (Å²) in [7, 11) is 0. The molecule has 1 rings (SSSR count). The van der Waals surface area contributed by atoms with Gasteiger partial charge in [0.15, 0.2) is 0 Å². The summed E-state index contributed by atoms with van der Waals surface area (Å²) in [4.78, 5) is 11.5. The Morgan fingerprint density at radius 2 is 2.37 bits per heavy atom. The number of hydrogen-bond donors (Lipinski definition) is 3. The molecule has 0 amide bonds. The molecule has 0 aliphatic carbocycles. The van der Waals surface area contributed by atoms with Gasteiger partial charge in [0.05, 0.1) is 0 Å². The quantitative estimate of drug-likeness (QED) is 0.453. The summed E-state index contributed by atoms with van der Waals surface area (Å²) in [6.45, 7) is 3.43. The lowest BCUT2D eigenvalue weighted by Crippen LogP contribution is -2.50. The number of anilines is 1. The van der Waals surface area contributed by atoms with E-state index in [0.29, 0.717) is 13.0 Å². The number of nitrogens with one attached hydrogen (secondary N) is 1. The van der Waals surface area contributed by atoms with Crippen molar-refractivity contribution < 1.29 is 9.90 Å². The van der Waals surface area contributed by atoms with Gasteiger partial charge in [-0.15, -0.1) is 11.3 Å². The zero-order valence-corrected chi connectivity index (χ0v) is 12.2. The van der Waals surface area contributed by atoms with E-state index >= 15 is 0 Å². The number of nitrogens with zero attached hydrogens (tertiary/aromatic N) is 1. The summed E-state index contributed by atoms with van der Waals surface area (Å²) in [5, 5.41) is 14.1. The van der Waals surface area contributed by atoms with Crippen LogP contribution in [0.5, 0.6) is 0 Å². The molecule has 5 nitrogen and oxygen atoms in total. The lowest BCUT2D eigenvalue weighted by Gasteiger charge is -2.30. The lowest BCUT2D eigenvalue weighted by atomic mass is 10.1. The van der Waals surface area contributed by atoms with E-state index < -0.39 is 12.0 Å². The molecule has 108 valence electrons. The van der Waals surface area contributed by atoms with Crippen molar-refractivity contribution in [3.63, 3.8) is 0 Å². The Labute approximate surface area is 118 Å². The minimum absolute atomic E-state index is 0.545. The molecule has 0 aliphatic heterocycles. The van der Waals surface area contributed by atoms with Crippen LogP contribution in [-0.4, -0.2) is 30.2 Å². The van der Waals surface area contributed by atoms with Crippen LogP contribution in [0.3, 0.4) is 0 Å². The molecular weight excluding hydrogens is 262 g/mol. The highest BCUT2D eigenvalue weighted by Gasteiger charge is 2.25. The summed E-state index contributed by atoms with van der Waals surface area (Å²) in [5.41, 5.74) is 8.68. The third kappa shape index (κ3) is 5.18. The maximum Gasteiger partial charge on any atom is 0.327 e. The van der Waals surface area contributed by atoms with Gasteiger partial charge in [0.1, 0.15) is 11.0 Å². The highest BCUT2D eigenvalue weighted by molar-refractivity contribution is 7.14. The highest BCUT2D eigenvalue weighted by atomic mass is 32.1. The second kappa shape index (κ2) is 8.90. The van der Waals surface area contributed by atoms with Crippen LogP contribution in [0.1, 0.15) is 32.6 Å². The first-order chi connectivity index (χ1) is 9.20. The fourth-order valence-corrected chi connectivity index (χ4v) is 2.59. The van der Waals surface area contributed by atoms with Crippen molar-refractivity contribution in [1.29, 1.82) is 0 Å². The first kappa shape index (κ1) is 15.9. The number of nitrogens with two attached hydrogens (primary N) is 1. The molecule has 0 fully saturated rings. The van der Waals surface area contributed by atoms with Crippen molar-refractivity contribution in [2.45, 2.75) is 38.6 Å². The van der Waals surface area contributed by atoms with Crippen LogP contribution in [0.2, 0.25) is 0 Å². The summed E-state index contributed by atoms with van der Waals surface area (Å²) >= 11 is 1.54. The number of carbonyl (C=O) groups is 1. The smallest absolute Gasteiger partial charge is 0.327 e. The number of thiophene rings is 1. The maximum absolute atomic E-state index is 11.5. The Morgan fingerprint density at radius 1 is 1.58 bits per heavy atom. The Morgan fingerprint density at radius 3 is 2.89 bits per heavy atom. The molecule has 19 heavy (non-hydrogen) atoms. The molecule has 4 N–H and O–H groups in total. The van der Waals surface area contributed by atoms with E-state index in [0.717, 1.165) is 30.8 Å². The second-order valence-corrected chi connectivity index (χ2v) is 5.29. The largest absolute Gasteiger partial charge is 0.480 e. The summed E-state index contributed by atoms with van der Waals surface area (Å²) in [6.07, 6.45) is 3.23. The fourth-order valence-electron chi connectivity index (χ4n) is 1.83. The monoisotopic (exact) mass is 285 g/mol. The van der Waals surface area contributed by atoms with Crippen LogP contribution in [0.4, 0.5) is 5.00 Å². The van der Waals surface area contributed by atoms with Crippen molar-refractivity contribution in [3.05, 3.63) is 17.5 Å². The lowest BCUT2D eigenvalue weighted by molar-refractivity contribution is -0.139. The predicted molar refractivity (Wildman–Crippen MR) is 79.4 cm³/mol. The van der Waals surface area contributed by atoms with Gasteiger partial charge in [-0.05, 0) is 49.7 Å². The molecule has 1 atom stereocenters. The van der Waals surface area contributed by atoms with Gasteiger partial charge >= 0.3 is 5.97 Å². The van der Waals surface area contributed by atoms with Gasteiger partial charge in [-0.1, -0.05) is 6.92 Å². The molecule has 1 aromatic rings. The van der Waals surface area contributed by atoms with Gasteiger partial charge in [-0.2, -0.15) is 0 Å². The van der Waals surface area contributed by atoms with Crippen molar-refractivity contribution in [2.75, 3.05) is 18.1 Å². The first-order valence-corrected chi connectivity index (χ1v) is 7.57. The number of hydrazine groups is 1. The number of carboxylic acid groups (broad SMARTS) is 1. The zero-order valence-electron chi connectivity index (χ0n) is 11.3. The van der Waals surface area contributed by atoms with Crippen molar-refractivity contribution in [2.24, 2.45) is 5.73 Å². The summed E-state index contributed by atoms with van der Waals surface area (Å²) in [6, 6.07) is 3.32. The normalized spacial score (nSPS) is 12.3. The standard InChI is InChI=1S/C13H23N3O2S/c1-2-9-15-16(12-7-5-10-19-12)11(13(17)18)6-3-4-8-14/h5,7,10-11,15H,2-4,6,8-9,14H2,1H3,(H,17,18)/t11-/m0/s1. The molecule has 0 bridgehead atoms. The van der Waals surface area contributed by atoms with Gasteiger partial charge in [0.2, 0.25) is 0 Å². The fraction of sp³-hybridized carbons (Fsp3) is 0.615. The van der Waals surface area contributed by atoms with Gasteiger partial charge in [-0.3, -0.25) is 5.01 Å². The van der Waals surface area contributed by atoms with E-state index in [2.05, 4.69) is 12.3 Å². The van der Waals surface area contributed by atoms with Gasteiger partial charge in [0, 0.05) is 6.54 Å². The molecule has 6 heteroatoms. The molecule has 0 saturated heterocycles. The topological polar surface area (TPSA) is 78.6 Å². The van der Waals surface area contributed by atoms with Crippen LogP contribution in [0, 0.1) is 0 Å². The van der Waals surface area contributed by atoms with Crippen molar-refractivity contribution >= 4 is 22.3 Å². The predicted octanol–water partition coefficient (Wildman–Crippen LogP) is 2.05. The van der Waals surface area contributed by atoms with E-state index in [1.54, 1.807) is 16.3 Å². The second-order valence-electron chi connectivity index (χ2n) is 4.37. The van der Waals surface area contributed by atoms with Crippen molar-refractivity contribution in [1.82, 2.24) is 5.43 Å². The number of carboxylic acids is 1. The van der Waals surface area contributed by atoms with E-state index in [4.69, 9.17) is 5.73 Å². The van der Waals surface area contributed by atoms with Crippen molar-refractivity contribution in [3.8, 4) is 0 Å². The molecule has 1 heterocycles. The maximum atomic E-state index is 11.5. The Kier molecular flexibility index (Phi) is 7.47. The first-order valence-electron chi connectivity index (χ1n) is 6.69. The molecule has 0 unspecified atom stereocenters. The third-order valence-corrected chi connectivity index (χ3v) is 3.67. The number of rotatable bonds is 10. The Bertz CT molecular complexity index is 357. The zero-order chi connectivity index (χ0) is 14.1. The van der Waals surface area contributed by atoms with E-state index in [1.807, 2.05) is 17.5 Å². The molecule has 0 saturated carbocycles. The summed E-state index contributed by atoms with van der Waals surface area (Å²) in [5.74, 6) is -0.797. The molecule has 0 aromatic carbocycles. The number of aliphatic carboxylic acids is 1. The average Bonchev–Trinajstić information content (AvgIpc) is 2.90. The third-order valence-electron chi connectivity index (χ3n) is 2.80. The minimum atomic E-state index is -0.797. The van der Waals surface area contributed by atoms with E-state index in [-0.39, 0.29) is 0 Å². The SMILES string of the molecule is CCCNN(c1cccs1)[C@@H](CCCCN)C(=O)O. The Hall–Kier alpha value is -1.11. The van der Waals surface area contributed by atoms with E-state index in [9.17, 15) is 9.90 Å². The van der Waals surface area contributed by atoms with Crippen LogP contribution in [-0.2, 0) is 4.79 Å². The number of unbranched alkanes of at least 4 members (excludes halogenated alkanes) is 1. The van der Waals surface area contributed by atoms with Crippen LogP contribution >= 0.6 is 11.3 Å². The molecule has 1 aromatic heterocycles. The van der Waals surface area contributed by atoms with E-state index in [1.165, 1.54) is 0 Å². The van der Waals surface area contributed by atoms with Gasteiger partial charge in [0.25, 0.3) is 0 Å². The molecule has 0 radical (unpaired) electrons. The molecule has 0 spiro atoms. The van der Waals surface area contributed by atoms with Crippen LogP contribution in [0.25, 0.3) is 0 Å².